The number of benzene rings is 3. The second-order valence-corrected chi connectivity index (χ2v) is 8.13. The molecule has 1 heterocycles. The van der Waals surface area contributed by atoms with Gasteiger partial charge < -0.3 is 14.4 Å². The van der Waals surface area contributed by atoms with E-state index in [0.717, 1.165) is 34.1 Å². The van der Waals surface area contributed by atoms with Crippen LogP contribution in [0, 0.1) is 6.92 Å². The van der Waals surface area contributed by atoms with Crippen molar-refractivity contribution in [1.29, 1.82) is 0 Å². The lowest BCUT2D eigenvalue weighted by Gasteiger charge is -2.11. The maximum atomic E-state index is 13.2. The minimum Gasteiger partial charge on any atom is -0.479 e. The Hall–Kier alpha value is -3.77. The molecular formula is C27H26N2O4. The van der Waals surface area contributed by atoms with Gasteiger partial charge >= 0.3 is 5.97 Å². The SMILES string of the molecule is Cc1ccc(C(=O)c2nc3ccccc3n2CCc2ccc(CO[C@H](C)C(=O)O)cc2)cc1. The molecule has 1 aromatic heterocycles. The number of hydrogen-bond donors (Lipinski definition) is 1. The van der Waals surface area contributed by atoms with E-state index in [9.17, 15) is 9.59 Å². The van der Waals surface area contributed by atoms with Crippen LogP contribution < -0.4 is 0 Å². The zero-order valence-corrected chi connectivity index (χ0v) is 18.7. The highest BCUT2D eigenvalue weighted by Crippen LogP contribution is 2.20. The van der Waals surface area contributed by atoms with Crippen molar-refractivity contribution in [3.63, 3.8) is 0 Å². The molecule has 0 unspecified atom stereocenters. The van der Waals surface area contributed by atoms with Gasteiger partial charge in [0.25, 0.3) is 0 Å². The molecule has 0 radical (unpaired) electrons. The number of carboxylic acids is 1. The number of hydrogen-bond acceptors (Lipinski definition) is 4. The first-order valence-corrected chi connectivity index (χ1v) is 10.9. The van der Waals surface area contributed by atoms with Crippen LogP contribution in [0.2, 0.25) is 0 Å². The summed E-state index contributed by atoms with van der Waals surface area (Å²) in [6, 6.07) is 23.2. The number of aryl methyl sites for hydroxylation is 3. The van der Waals surface area contributed by atoms with Gasteiger partial charge in [0.05, 0.1) is 17.6 Å². The van der Waals surface area contributed by atoms with Crippen molar-refractivity contribution in [1.82, 2.24) is 9.55 Å². The number of carboxylic acid groups (broad SMARTS) is 1. The second-order valence-electron chi connectivity index (χ2n) is 8.13. The average molecular weight is 443 g/mol. The largest absolute Gasteiger partial charge is 0.479 e. The fraction of sp³-hybridized carbons (Fsp3) is 0.222. The van der Waals surface area contributed by atoms with Crippen molar-refractivity contribution in [3.8, 4) is 0 Å². The van der Waals surface area contributed by atoms with E-state index in [4.69, 9.17) is 9.84 Å². The third kappa shape index (κ3) is 5.18. The molecule has 1 atom stereocenters. The predicted molar refractivity (Wildman–Crippen MR) is 126 cm³/mol. The van der Waals surface area contributed by atoms with Crippen LogP contribution in [-0.4, -0.2) is 32.5 Å². The summed E-state index contributed by atoms with van der Waals surface area (Å²) in [6.07, 6.45) is -0.120. The molecule has 0 amide bonds. The molecule has 4 rings (SSSR count). The molecule has 33 heavy (non-hydrogen) atoms. The normalized spacial score (nSPS) is 12.1. The quantitative estimate of drug-likeness (QED) is 0.376. The Bertz CT molecular complexity index is 1270. The van der Waals surface area contributed by atoms with Gasteiger partial charge in [-0.1, -0.05) is 66.2 Å². The van der Waals surface area contributed by atoms with Gasteiger partial charge in [0.1, 0.15) is 0 Å². The van der Waals surface area contributed by atoms with E-state index in [1.165, 1.54) is 6.92 Å². The summed E-state index contributed by atoms with van der Waals surface area (Å²) in [5.74, 6) is -0.630. The average Bonchev–Trinajstić information content (AvgIpc) is 3.20. The molecule has 168 valence electrons. The number of ether oxygens (including phenoxy) is 1. The number of para-hydroxylation sites is 2. The van der Waals surface area contributed by atoms with Crippen molar-refractivity contribution >= 4 is 22.8 Å². The van der Waals surface area contributed by atoms with Crippen LogP contribution in [0.15, 0.2) is 72.8 Å². The standard InChI is InChI=1S/C27H26N2O4/c1-18-7-13-22(14-8-18)25(30)26-28-23-5-3-4-6-24(23)29(26)16-15-20-9-11-21(12-10-20)17-33-19(2)27(31)32/h3-14,19H,15-17H2,1-2H3,(H,31,32)/t19-/m1/s1. The third-order valence-corrected chi connectivity index (χ3v) is 5.67. The number of aliphatic carboxylic acids is 1. The summed E-state index contributed by atoms with van der Waals surface area (Å²) >= 11 is 0. The van der Waals surface area contributed by atoms with E-state index in [-0.39, 0.29) is 12.4 Å². The fourth-order valence-corrected chi connectivity index (χ4v) is 3.64. The fourth-order valence-electron chi connectivity index (χ4n) is 3.64. The van der Waals surface area contributed by atoms with Crippen LogP contribution in [0.25, 0.3) is 11.0 Å². The summed E-state index contributed by atoms with van der Waals surface area (Å²) < 4.78 is 7.33. The van der Waals surface area contributed by atoms with Gasteiger partial charge in [-0.25, -0.2) is 9.78 Å². The van der Waals surface area contributed by atoms with E-state index in [2.05, 4.69) is 4.98 Å². The summed E-state index contributed by atoms with van der Waals surface area (Å²) in [4.78, 5) is 28.8. The third-order valence-electron chi connectivity index (χ3n) is 5.67. The van der Waals surface area contributed by atoms with Crippen molar-refractivity contribution in [2.45, 2.75) is 39.5 Å². The highest BCUT2D eigenvalue weighted by atomic mass is 16.5. The Balaban J connectivity index is 1.52. The Morgan fingerprint density at radius 3 is 2.33 bits per heavy atom. The topological polar surface area (TPSA) is 81.4 Å². The summed E-state index contributed by atoms with van der Waals surface area (Å²) in [5, 5.41) is 8.93. The number of fused-ring (bicyclic) bond motifs is 1. The molecule has 1 N–H and O–H groups in total. The van der Waals surface area contributed by atoms with Crippen LogP contribution in [0.5, 0.6) is 0 Å². The molecule has 0 bridgehead atoms. The number of carbonyl (C=O) groups excluding carboxylic acids is 1. The summed E-state index contributed by atoms with van der Waals surface area (Å²) in [5.41, 5.74) is 5.48. The zero-order valence-electron chi connectivity index (χ0n) is 18.7. The van der Waals surface area contributed by atoms with E-state index in [0.29, 0.717) is 17.9 Å². The van der Waals surface area contributed by atoms with Crippen LogP contribution >= 0.6 is 0 Å². The van der Waals surface area contributed by atoms with Gasteiger partial charge in [0, 0.05) is 12.1 Å². The number of nitrogens with zero attached hydrogens (tertiary/aromatic N) is 2. The van der Waals surface area contributed by atoms with E-state index >= 15 is 0 Å². The smallest absolute Gasteiger partial charge is 0.332 e. The molecule has 0 aliphatic rings. The van der Waals surface area contributed by atoms with Crippen molar-refractivity contribution in [2.24, 2.45) is 0 Å². The lowest BCUT2D eigenvalue weighted by molar-refractivity contribution is -0.149. The first kappa shape index (κ1) is 22.4. The molecule has 4 aromatic rings. The minimum atomic E-state index is -0.977. The Morgan fingerprint density at radius 2 is 1.64 bits per heavy atom. The molecule has 0 saturated heterocycles. The molecule has 0 aliphatic carbocycles. The molecule has 0 saturated carbocycles. The first-order valence-electron chi connectivity index (χ1n) is 10.9. The van der Waals surface area contributed by atoms with Gasteiger partial charge in [-0.3, -0.25) is 4.79 Å². The van der Waals surface area contributed by atoms with E-state index in [1.54, 1.807) is 0 Å². The van der Waals surface area contributed by atoms with E-state index in [1.807, 2.05) is 84.3 Å². The highest BCUT2D eigenvalue weighted by Gasteiger charge is 2.19. The molecule has 3 aromatic carbocycles. The van der Waals surface area contributed by atoms with Gasteiger partial charge in [-0.05, 0) is 43.5 Å². The van der Waals surface area contributed by atoms with Crippen LogP contribution in [0.4, 0.5) is 0 Å². The molecule has 0 spiro atoms. The summed E-state index contributed by atoms with van der Waals surface area (Å²) in [7, 11) is 0. The van der Waals surface area contributed by atoms with Crippen LogP contribution in [-0.2, 0) is 29.1 Å². The lowest BCUT2D eigenvalue weighted by Crippen LogP contribution is -2.19. The number of carbonyl (C=O) groups is 2. The highest BCUT2D eigenvalue weighted by molar-refractivity contribution is 6.08. The predicted octanol–water partition coefficient (Wildman–Crippen LogP) is 4.81. The molecule has 0 aliphatic heterocycles. The van der Waals surface area contributed by atoms with Gasteiger partial charge in [-0.2, -0.15) is 0 Å². The second kappa shape index (κ2) is 9.79. The van der Waals surface area contributed by atoms with Gasteiger partial charge in [-0.15, -0.1) is 0 Å². The van der Waals surface area contributed by atoms with Gasteiger partial charge in [0.2, 0.25) is 5.78 Å². The summed E-state index contributed by atoms with van der Waals surface area (Å²) in [6.45, 7) is 4.36. The number of imidazole rings is 1. The Morgan fingerprint density at radius 1 is 0.970 bits per heavy atom. The minimum absolute atomic E-state index is 0.0914. The van der Waals surface area contributed by atoms with Crippen molar-refractivity contribution < 1.29 is 19.4 Å². The Labute approximate surface area is 192 Å². The first-order chi connectivity index (χ1) is 15.9. The van der Waals surface area contributed by atoms with Crippen molar-refractivity contribution in [3.05, 3.63) is 101 Å². The maximum Gasteiger partial charge on any atom is 0.332 e. The zero-order chi connectivity index (χ0) is 23.4. The van der Waals surface area contributed by atoms with Crippen LogP contribution in [0.1, 0.15) is 39.8 Å². The molecule has 6 heteroatoms. The monoisotopic (exact) mass is 442 g/mol. The number of aromatic nitrogens is 2. The molecule has 6 nitrogen and oxygen atoms in total. The maximum absolute atomic E-state index is 13.2. The van der Waals surface area contributed by atoms with E-state index < -0.39 is 12.1 Å². The van der Waals surface area contributed by atoms with Crippen LogP contribution in [0.3, 0.4) is 0 Å². The molecular weight excluding hydrogens is 416 g/mol. The van der Waals surface area contributed by atoms with Gasteiger partial charge in [0.15, 0.2) is 11.9 Å². The lowest BCUT2D eigenvalue weighted by atomic mass is 10.1. The molecule has 0 fully saturated rings. The van der Waals surface area contributed by atoms with Crippen molar-refractivity contribution in [2.75, 3.05) is 0 Å². The number of rotatable bonds is 9. The Kier molecular flexibility index (Phi) is 6.66. The number of ketones is 1.